The molecular formula is C75H112N20O20S. The van der Waals surface area contributed by atoms with Gasteiger partial charge in [-0.3, -0.25) is 71.9 Å². The van der Waals surface area contributed by atoms with E-state index in [9.17, 15) is 97.1 Å². The third kappa shape index (κ3) is 30.1. The molecule has 41 heteroatoms. The van der Waals surface area contributed by atoms with E-state index < -0.39 is 218 Å². The number of phenols is 1. The van der Waals surface area contributed by atoms with E-state index in [0.29, 0.717) is 53.4 Å². The summed E-state index contributed by atoms with van der Waals surface area (Å²) in [7, 11) is 0. The van der Waals surface area contributed by atoms with E-state index in [2.05, 4.69) is 96.7 Å². The average Bonchev–Trinajstić information content (AvgIpc) is 1.61. The van der Waals surface area contributed by atoms with Crippen molar-refractivity contribution in [1.82, 2.24) is 89.0 Å². The minimum atomic E-state index is -1.76. The number of aromatic amines is 2. The second-order valence-electron chi connectivity index (χ2n) is 29.0. The van der Waals surface area contributed by atoms with Crippen LogP contribution in [0.3, 0.4) is 0 Å². The van der Waals surface area contributed by atoms with Gasteiger partial charge in [0.15, 0.2) is 0 Å². The van der Waals surface area contributed by atoms with Gasteiger partial charge in [-0.05, 0) is 99.1 Å². The summed E-state index contributed by atoms with van der Waals surface area (Å²) in [5.41, 5.74) is 19.2. The minimum absolute atomic E-state index is 0.0526. The van der Waals surface area contributed by atoms with Crippen molar-refractivity contribution in [2.75, 3.05) is 45.1 Å². The van der Waals surface area contributed by atoms with Crippen LogP contribution in [-0.4, -0.2) is 259 Å². The number of amides is 15. The van der Waals surface area contributed by atoms with Gasteiger partial charge >= 0.3 is 5.97 Å². The highest BCUT2D eigenvalue weighted by molar-refractivity contribution is 7.80. The molecular weight excluding hydrogens is 1530 g/mol. The molecule has 15 atom stereocenters. The van der Waals surface area contributed by atoms with E-state index in [-0.39, 0.29) is 75.6 Å². The van der Waals surface area contributed by atoms with Crippen molar-refractivity contribution in [3.63, 3.8) is 0 Å². The quantitative estimate of drug-likeness (QED) is 0.0145. The summed E-state index contributed by atoms with van der Waals surface area (Å²) in [5.74, 6) is -16.8. The molecule has 116 heavy (non-hydrogen) atoms. The Bertz CT molecular complexity index is 4030. The topological polar surface area (TPSA) is 636 Å². The van der Waals surface area contributed by atoms with E-state index in [1.54, 1.807) is 70.3 Å². The summed E-state index contributed by atoms with van der Waals surface area (Å²) in [6.45, 7) is 8.70. The van der Waals surface area contributed by atoms with Crippen LogP contribution in [0.1, 0.15) is 123 Å². The molecule has 0 spiro atoms. The van der Waals surface area contributed by atoms with Crippen molar-refractivity contribution in [2.24, 2.45) is 35.0 Å². The smallest absolute Gasteiger partial charge is 0.328 e. The molecule has 25 N–H and O–H groups in total. The average molecular weight is 1650 g/mol. The number of H-pyrrole nitrogens is 2. The highest BCUT2D eigenvalue weighted by atomic mass is 32.1. The lowest BCUT2D eigenvalue weighted by molar-refractivity contribution is -0.143. The van der Waals surface area contributed by atoms with E-state index in [1.807, 2.05) is 13.8 Å². The van der Waals surface area contributed by atoms with E-state index in [0.717, 1.165) is 0 Å². The fourth-order valence-corrected chi connectivity index (χ4v) is 12.7. The zero-order valence-corrected chi connectivity index (χ0v) is 66.8. The second kappa shape index (κ2) is 47.5. The molecule has 638 valence electrons. The van der Waals surface area contributed by atoms with E-state index in [4.69, 9.17) is 17.2 Å². The summed E-state index contributed by atoms with van der Waals surface area (Å²) in [6.07, 6.45) is 3.18. The molecule has 3 heterocycles. The number of phenolic OH excluding ortho intramolecular Hbond substituents is 1. The highest BCUT2D eigenvalue weighted by Gasteiger charge is 2.41. The predicted molar refractivity (Wildman–Crippen MR) is 422 cm³/mol. The van der Waals surface area contributed by atoms with Crippen LogP contribution in [-0.2, 0) is 96.0 Å². The summed E-state index contributed by atoms with van der Waals surface area (Å²) in [5, 5.41) is 72.5. The van der Waals surface area contributed by atoms with Gasteiger partial charge in [0.25, 0.3) is 0 Å². The van der Waals surface area contributed by atoms with Crippen LogP contribution in [0.5, 0.6) is 5.75 Å². The molecule has 0 aliphatic carbocycles. The lowest BCUT2D eigenvalue weighted by Crippen LogP contribution is -2.61. The van der Waals surface area contributed by atoms with Crippen LogP contribution < -0.4 is 86.3 Å². The molecule has 0 unspecified atom stereocenters. The van der Waals surface area contributed by atoms with E-state index in [1.165, 1.54) is 36.5 Å². The minimum Gasteiger partial charge on any atom is -0.508 e. The molecule has 4 aromatic rings. The Hall–Kier alpha value is -11.3. The molecule has 0 bridgehead atoms. The number of para-hydroxylation sites is 1. The summed E-state index contributed by atoms with van der Waals surface area (Å²) >= 11 is 4.29. The van der Waals surface area contributed by atoms with Crippen molar-refractivity contribution in [3.05, 3.63) is 84.1 Å². The van der Waals surface area contributed by atoms with Gasteiger partial charge in [-0.1, -0.05) is 84.7 Å². The number of carbonyl (C=O) groups excluding carboxylic acids is 15. The van der Waals surface area contributed by atoms with Crippen molar-refractivity contribution in [3.8, 4) is 5.75 Å². The number of aliphatic hydroxyl groups excluding tert-OH is 2. The molecule has 1 saturated heterocycles. The summed E-state index contributed by atoms with van der Waals surface area (Å²) in [6, 6.07) is -4.23. The number of hydrogen-bond donors (Lipinski definition) is 23. The Morgan fingerprint density at radius 3 is 1.74 bits per heavy atom. The summed E-state index contributed by atoms with van der Waals surface area (Å²) in [4.78, 5) is 229. The monoisotopic (exact) mass is 1640 g/mol. The molecule has 15 amide bonds. The number of aliphatic carboxylic acids is 1. The number of carboxylic acids is 1. The first-order valence-corrected chi connectivity index (χ1v) is 39.0. The zero-order valence-electron chi connectivity index (χ0n) is 65.9. The number of unbranched alkanes of at least 4 members (excludes halogenated alkanes) is 1. The second-order valence-corrected chi connectivity index (χ2v) is 29.4. The number of nitrogens with zero attached hydrogens (tertiary/aromatic N) is 2. The highest BCUT2D eigenvalue weighted by Crippen LogP contribution is 2.23. The van der Waals surface area contributed by atoms with Crippen LogP contribution in [0.2, 0.25) is 0 Å². The maximum atomic E-state index is 14.7. The van der Waals surface area contributed by atoms with Crippen LogP contribution in [0, 0.1) is 17.8 Å². The normalized spacial score (nSPS) is 16.2. The van der Waals surface area contributed by atoms with Crippen LogP contribution >= 0.6 is 12.6 Å². The first-order chi connectivity index (χ1) is 55.0. The molecule has 40 nitrogen and oxygen atoms in total. The number of thiol groups is 1. The van der Waals surface area contributed by atoms with Crippen molar-refractivity contribution in [1.29, 1.82) is 0 Å². The Balaban J connectivity index is 1.25. The first-order valence-electron chi connectivity index (χ1n) is 38.3. The molecule has 0 radical (unpaired) electrons. The zero-order chi connectivity index (χ0) is 86.0. The standard InChI is InChI=1S/C75H112N20O20S/c1-8-39(5)61(78)71(110)94-62(40(6)9-2)72(111)90-53(26-42-19-21-45(98)22-20-42)74(113)95-24-14-18-56(95)70(109)83-34-60(102)93-63(41(7)97)73(112)89-49(25-38(3)4)67(106)88-50(27-43-30-80-47-16-11-10-15-46(43)47)68(107)92-55(36-116)65(104)82-33-58(100)85-51(28-44-31-79-37-84-44)64(103)81-32-59(101)86-52(29-57(77)99)69(108)87-48(17-12-13-23-76)66(105)91-54(35-96)75(114)115/h10-11,15-16,19-22,30-31,37-41,48-56,61-63,80,96-98,116H,8-9,12-14,17-18,23-29,32-36,76,78H2,1-7H3,(H2,77,99)(H,79,84)(H,81,103)(H,82,104)(H,83,109)(H,85,100)(H,86,101)(H,87,108)(H,88,106)(H,89,112)(H,90,111)(H,91,105)(H,92,107)(H,93,102)(H,94,110)(H,114,115)/t39-,40-,41+,48-,49-,50-,51-,52-,53-,54-,55-,56-,61-,62-,63-/m0/s1. The van der Waals surface area contributed by atoms with Crippen molar-refractivity contribution in [2.45, 2.75) is 204 Å². The number of imidazole rings is 1. The van der Waals surface area contributed by atoms with Crippen LogP contribution in [0.4, 0.5) is 0 Å². The number of primary amides is 1. The lowest BCUT2D eigenvalue weighted by Gasteiger charge is -2.31. The SMILES string of the molecule is CC[C@H](C)[C@H](N)C(=O)N[C@H](C(=O)N[C@@H](Cc1ccc(O)cc1)C(=O)N1CCC[C@H]1C(=O)NCC(=O)N[C@H](C(=O)N[C@@H](CC(C)C)C(=O)N[C@@H](Cc1c[nH]c2ccccc12)C(=O)N[C@@H](CS)C(=O)NCC(=O)N[C@@H](Cc1cnc[nH]1)C(=O)NCC(=O)N[C@@H](CC(N)=O)C(=O)N[C@@H](CCCCN)C(=O)N[C@@H](CO)C(=O)O)[C@@H](C)O)[C@@H](C)CC. The number of aliphatic hydroxyl groups is 2. The molecule has 1 fully saturated rings. The van der Waals surface area contributed by atoms with Gasteiger partial charge in [-0.2, -0.15) is 12.6 Å². The number of rotatable bonds is 49. The molecule has 2 aromatic carbocycles. The Labute approximate surface area is 675 Å². The molecule has 1 aliphatic heterocycles. The molecule has 0 saturated carbocycles. The Kier molecular flexibility index (Phi) is 39.0. The van der Waals surface area contributed by atoms with Gasteiger partial charge in [-0.15, -0.1) is 0 Å². The number of nitrogens with two attached hydrogens (primary N) is 3. The number of carboxylic acid groups (broad SMARTS) is 1. The van der Waals surface area contributed by atoms with Crippen molar-refractivity contribution >= 4 is 118 Å². The predicted octanol–water partition coefficient (Wildman–Crippen LogP) is -5.33. The van der Waals surface area contributed by atoms with E-state index >= 15 is 0 Å². The number of hydrogen-bond acceptors (Lipinski definition) is 23. The molecule has 1 aliphatic rings. The number of aromatic nitrogens is 3. The largest absolute Gasteiger partial charge is 0.508 e. The first kappa shape index (κ1) is 95.3. The van der Waals surface area contributed by atoms with Gasteiger partial charge in [0.1, 0.15) is 72.2 Å². The van der Waals surface area contributed by atoms with Gasteiger partial charge in [0.2, 0.25) is 88.6 Å². The fourth-order valence-electron chi connectivity index (χ4n) is 12.4. The maximum Gasteiger partial charge on any atom is 0.328 e. The number of fused-ring (bicyclic) bond motifs is 1. The summed E-state index contributed by atoms with van der Waals surface area (Å²) < 4.78 is 0. The van der Waals surface area contributed by atoms with Gasteiger partial charge in [-0.25, -0.2) is 9.78 Å². The maximum absolute atomic E-state index is 14.7. The Morgan fingerprint density at radius 2 is 1.15 bits per heavy atom. The van der Waals surface area contributed by atoms with Crippen LogP contribution in [0.25, 0.3) is 10.9 Å². The van der Waals surface area contributed by atoms with Crippen LogP contribution in [0.15, 0.2) is 67.3 Å². The molecule has 5 rings (SSSR count). The number of aromatic hydroxyl groups is 1. The van der Waals surface area contributed by atoms with Crippen molar-refractivity contribution < 1.29 is 97.1 Å². The third-order valence-corrected chi connectivity index (χ3v) is 19.9. The third-order valence-electron chi connectivity index (χ3n) is 19.5. The van der Waals surface area contributed by atoms with Gasteiger partial charge in [0, 0.05) is 60.6 Å². The molecule has 2 aromatic heterocycles. The Morgan fingerprint density at radius 1 is 0.595 bits per heavy atom. The number of likely N-dealkylation sites (tertiary alicyclic amines) is 1. The van der Waals surface area contributed by atoms with Gasteiger partial charge < -0.3 is 122 Å². The number of nitrogens with one attached hydrogen (secondary N) is 15. The lowest BCUT2D eigenvalue weighted by atomic mass is 9.95. The number of carbonyl (C=O) groups is 16. The fraction of sp³-hybridized carbons (Fsp3) is 0.560. The van der Waals surface area contributed by atoms with Gasteiger partial charge in [0.05, 0.1) is 51.1 Å². The number of benzene rings is 2.